The maximum atomic E-state index is 12.9. The lowest BCUT2D eigenvalue weighted by Crippen LogP contribution is -2.13. The van der Waals surface area contributed by atoms with Crippen molar-refractivity contribution in [3.63, 3.8) is 0 Å². The van der Waals surface area contributed by atoms with E-state index < -0.39 is 0 Å². The lowest BCUT2D eigenvalue weighted by atomic mass is 10.2. The quantitative estimate of drug-likeness (QED) is 0.901. The van der Waals surface area contributed by atoms with Gasteiger partial charge in [-0.1, -0.05) is 34.1 Å². The predicted octanol–water partition coefficient (Wildman–Crippen LogP) is 3.89. The van der Waals surface area contributed by atoms with E-state index in [1.165, 1.54) is 17.7 Å². The Morgan fingerprint density at radius 2 is 1.84 bits per heavy atom. The Balaban J connectivity index is 1.88. The minimum Gasteiger partial charge on any atom is -0.497 e. The van der Waals surface area contributed by atoms with E-state index in [4.69, 9.17) is 4.74 Å². The molecular formula is C15H15BrFNO. The van der Waals surface area contributed by atoms with E-state index in [0.717, 1.165) is 22.3 Å². The van der Waals surface area contributed by atoms with Crippen LogP contribution in [0.4, 0.5) is 4.39 Å². The molecule has 0 saturated heterocycles. The fourth-order valence-corrected chi connectivity index (χ4v) is 2.24. The van der Waals surface area contributed by atoms with Crippen LogP contribution in [0.25, 0.3) is 0 Å². The van der Waals surface area contributed by atoms with Gasteiger partial charge in [-0.15, -0.1) is 0 Å². The highest BCUT2D eigenvalue weighted by molar-refractivity contribution is 9.10. The molecule has 0 fully saturated rings. The van der Waals surface area contributed by atoms with Crippen LogP contribution in [-0.4, -0.2) is 7.11 Å². The van der Waals surface area contributed by atoms with Crippen molar-refractivity contribution in [3.05, 3.63) is 63.9 Å². The molecule has 0 spiro atoms. The number of rotatable bonds is 5. The second kappa shape index (κ2) is 6.68. The molecule has 0 aromatic heterocycles. The minimum absolute atomic E-state index is 0.231. The fourth-order valence-electron chi connectivity index (χ4n) is 1.75. The maximum absolute atomic E-state index is 12.9. The standard InChI is InChI=1S/C15H15BrFNO/c1-19-14-6-2-11(3-7-14)9-18-10-12-4-5-13(17)8-15(12)16/h2-8,18H,9-10H2,1H3. The normalized spacial score (nSPS) is 10.5. The zero-order chi connectivity index (χ0) is 13.7. The number of hydrogen-bond acceptors (Lipinski definition) is 2. The number of ether oxygens (including phenoxy) is 1. The number of hydrogen-bond donors (Lipinski definition) is 1. The number of benzene rings is 2. The average molecular weight is 324 g/mol. The Hall–Kier alpha value is -1.39. The molecule has 0 unspecified atom stereocenters. The Bertz CT molecular complexity index is 542. The molecule has 0 aliphatic rings. The van der Waals surface area contributed by atoms with Gasteiger partial charge in [-0.3, -0.25) is 0 Å². The van der Waals surface area contributed by atoms with E-state index in [9.17, 15) is 4.39 Å². The minimum atomic E-state index is -0.231. The first-order valence-corrected chi connectivity index (χ1v) is 6.76. The Morgan fingerprint density at radius 3 is 2.47 bits per heavy atom. The first-order valence-electron chi connectivity index (χ1n) is 5.96. The Labute approximate surface area is 120 Å². The van der Waals surface area contributed by atoms with Crippen LogP contribution in [0.15, 0.2) is 46.9 Å². The molecule has 2 rings (SSSR count). The van der Waals surface area contributed by atoms with Gasteiger partial charge in [0.15, 0.2) is 0 Å². The summed E-state index contributed by atoms with van der Waals surface area (Å²) in [7, 11) is 1.65. The summed E-state index contributed by atoms with van der Waals surface area (Å²) in [5.41, 5.74) is 2.22. The molecule has 0 atom stereocenters. The van der Waals surface area contributed by atoms with E-state index in [1.54, 1.807) is 13.2 Å². The highest BCUT2D eigenvalue weighted by Crippen LogP contribution is 2.18. The monoisotopic (exact) mass is 323 g/mol. The van der Waals surface area contributed by atoms with E-state index in [0.29, 0.717) is 6.54 Å². The van der Waals surface area contributed by atoms with Crippen molar-refractivity contribution in [1.82, 2.24) is 5.32 Å². The van der Waals surface area contributed by atoms with Gasteiger partial charge in [0, 0.05) is 17.6 Å². The third kappa shape index (κ3) is 4.04. The summed E-state index contributed by atoms with van der Waals surface area (Å²) in [6.45, 7) is 1.45. The second-order valence-corrected chi connectivity index (χ2v) is 5.04. The van der Waals surface area contributed by atoms with Crippen molar-refractivity contribution in [3.8, 4) is 5.75 Å². The van der Waals surface area contributed by atoms with Crippen LogP contribution in [0.2, 0.25) is 0 Å². The zero-order valence-electron chi connectivity index (χ0n) is 10.6. The van der Waals surface area contributed by atoms with E-state index in [-0.39, 0.29) is 5.82 Å². The molecule has 100 valence electrons. The third-order valence-corrected chi connectivity index (χ3v) is 3.56. The highest BCUT2D eigenvalue weighted by Gasteiger charge is 2.01. The first-order chi connectivity index (χ1) is 9.19. The SMILES string of the molecule is COc1ccc(CNCc2ccc(F)cc2Br)cc1. The summed E-state index contributed by atoms with van der Waals surface area (Å²) in [6, 6.07) is 12.6. The van der Waals surface area contributed by atoms with E-state index in [1.807, 2.05) is 24.3 Å². The Morgan fingerprint density at radius 1 is 1.11 bits per heavy atom. The van der Waals surface area contributed by atoms with Crippen molar-refractivity contribution in [2.75, 3.05) is 7.11 Å². The molecule has 4 heteroatoms. The molecule has 0 aliphatic carbocycles. The summed E-state index contributed by atoms with van der Waals surface area (Å²) in [5.74, 6) is 0.621. The molecule has 0 radical (unpaired) electrons. The van der Waals surface area contributed by atoms with Crippen molar-refractivity contribution >= 4 is 15.9 Å². The van der Waals surface area contributed by atoms with Crippen LogP contribution in [-0.2, 0) is 13.1 Å². The van der Waals surface area contributed by atoms with Crippen LogP contribution in [0.5, 0.6) is 5.75 Å². The molecule has 1 N–H and O–H groups in total. The van der Waals surface area contributed by atoms with Crippen molar-refractivity contribution in [2.24, 2.45) is 0 Å². The lowest BCUT2D eigenvalue weighted by molar-refractivity contribution is 0.414. The van der Waals surface area contributed by atoms with Gasteiger partial charge in [0.1, 0.15) is 11.6 Å². The molecule has 2 aromatic carbocycles. The van der Waals surface area contributed by atoms with Gasteiger partial charge in [-0.05, 0) is 35.4 Å². The number of halogens is 2. The average Bonchev–Trinajstić information content (AvgIpc) is 2.42. The summed E-state index contributed by atoms with van der Waals surface area (Å²) in [4.78, 5) is 0. The molecule has 0 bridgehead atoms. The van der Waals surface area contributed by atoms with E-state index >= 15 is 0 Å². The molecule has 0 aliphatic heterocycles. The summed E-state index contributed by atoms with van der Waals surface area (Å²) >= 11 is 3.36. The lowest BCUT2D eigenvalue weighted by Gasteiger charge is -2.08. The van der Waals surface area contributed by atoms with Gasteiger partial charge >= 0.3 is 0 Å². The highest BCUT2D eigenvalue weighted by atomic mass is 79.9. The summed E-state index contributed by atoms with van der Waals surface area (Å²) in [6.07, 6.45) is 0. The topological polar surface area (TPSA) is 21.3 Å². The van der Waals surface area contributed by atoms with Gasteiger partial charge < -0.3 is 10.1 Å². The molecule has 0 heterocycles. The van der Waals surface area contributed by atoms with Crippen molar-refractivity contribution < 1.29 is 9.13 Å². The summed E-state index contributed by atoms with van der Waals surface area (Å²) in [5, 5.41) is 3.32. The van der Waals surface area contributed by atoms with Crippen LogP contribution in [0, 0.1) is 5.82 Å². The van der Waals surface area contributed by atoms with Gasteiger partial charge in [0.05, 0.1) is 7.11 Å². The molecule has 0 amide bonds. The fraction of sp³-hybridized carbons (Fsp3) is 0.200. The van der Waals surface area contributed by atoms with Gasteiger partial charge in [-0.2, -0.15) is 0 Å². The first kappa shape index (κ1) is 14.0. The largest absolute Gasteiger partial charge is 0.497 e. The molecule has 2 nitrogen and oxygen atoms in total. The van der Waals surface area contributed by atoms with Crippen LogP contribution >= 0.6 is 15.9 Å². The number of nitrogens with one attached hydrogen (secondary N) is 1. The second-order valence-electron chi connectivity index (χ2n) is 4.19. The molecule has 19 heavy (non-hydrogen) atoms. The predicted molar refractivity (Wildman–Crippen MR) is 77.6 cm³/mol. The van der Waals surface area contributed by atoms with E-state index in [2.05, 4.69) is 21.2 Å². The Kier molecular flexibility index (Phi) is 4.93. The van der Waals surface area contributed by atoms with Crippen molar-refractivity contribution in [1.29, 1.82) is 0 Å². The smallest absolute Gasteiger partial charge is 0.124 e. The maximum Gasteiger partial charge on any atom is 0.124 e. The van der Waals surface area contributed by atoms with Gasteiger partial charge in [-0.25, -0.2) is 4.39 Å². The van der Waals surface area contributed by atoms with Crippen LogP contribution in [0.1, 0.15) is 11.1 Å². The summed E-state index contributed by atoms with van der Waals surface area (Å²) < 4.78 is 18.8. The molecule has 2 aromatic rings. The van der Waals surface area contributed by atoms with Crippen LogP contribution < -0.4 is 10.1 Å². The van der Waals surface area contributed by atoms with Crippen LogP contribution in [0.3, 0.4) is 0 Å². The van der Waals surface area contributed by atoms with Crippen molar-refractivity contribution in [2.45, 2.75) is 13.1 Å². The zero-order valence-corrected chi connectivity index (χ0v) is 12.2. The molecule has 0 saturated carbocycles. The third-order valence-electron chi connectivity index (χ3n) is 2.82. The van der Waals surface area contributed by atoms with Gasteiger partial charge in [0.2, 0.25) is 0 Å². The molecular weight excluding hydrogens is 309 g/mol. The number of methoxy groups -OCH3 is 1. The van der Waals surface area contributed by atoms with Gasteiger partial charge in [0.25, 0.3) is 0 Å².